The molecule has 0 unspecified atom stereocenters. The molecule has 0 bridgehead atoms. The van der Waals surface area contributed by atoms with Crippen LogP contribution in [0.1, 0.15) is 5.48 Å². The predicted molar refractivity (Wildman–Crippen MR) is 499 cm³/mol. The van der Waals surface area contributed by atoms with E-state index in [0.29, 0.717) is 11.1 Å². The van der Waals surface area contributed by atoms with Gasteiger partial charge in [0.15, 0.2) is 0 Å². The molecule has 20 rings (SSSR count). The summed E-state index contributed by atoms with van der Waals surface area (Å²) in [6.45, 7) is 0. The molecule has 0 saturated heterocycles. The molecule has 0 atom stereocenters. The molecule has 0 aliphatic rings. The number of para-hydroxylation sites is 4. The fourth-order valence-electron chi connectivity index (χ4n) is 13.9. The van der Waals surface area contributed by atoms with Crippen LogP contribution in [0.4, 0.5) is 56.9 Å². The van der Waals surface area contributed by atoms with E-state index >= 15 is 0 Å². The van der Waals surface area contributed by atoms with Crippen molar-refractivity contribution in [3.63, 3.8) is 0 Å². The number of nitrogens with one attached hydrogen (secondary N) is 5. The maximum Gasteiger partial charge on any atom is 0.0645 e. The van der Waals surface area contributed by atoms with Crippen LogP contribution < -0.4 is 26.6 Å². The van der Waals surface area contributed by atoms with Crippen molar-refractivity contribution >= 4 is 110 Å². The molecule has 0 saturated carbocycles. The van der Waals surface area contributed by atoms with E-state index in [1.807, 2.05) is 169 Å². The molecule has 0 aliphatic heterocycles. The Morgan fingerprint density at radius 3 is 1.03 bits per heavy atom. The van der Waals surface area contributed by atoms with Crippen LogP contribution in [0.15, 0.2) is 479 Å². The Balaban J connectivity index is 0.000000112. The summed E-state index contributed by atoms with van der Waals surface area (Å²) < 4.78 is 36.5. The lowest BCUT2D eigenvalue weighted by atomic mass is 9.98. The maximum atomic E-state index is 8.52. The van der Waals surface area contributed by atoms with Crippen molar-refractivity contribution in [1.29, 1.82) is 0 Å². The summed E-state index contributed by atoms with van der Waals surface area (Å²) in [6, 6.07) is 151. The number of hydrogen-bond donors (Lipinski definition) is 5. The summed E-state index contributed by atoms with van der Waals surface area (Å²) in [4.78, 5) is 4.21. The van der Waals surface area contributed by atoms with E-state index in [-0.39, 0.29) is 29.9 Å². The largest absolute Gasteiger partial charge is 0.356 e. The Kier molecular flexibility index (Phi) is 22.8. The van der Waals surface area contributed by atoms with Crippen LogP contribution >= 0.6 is 11.3 Å². The molecule has 556 valence electrons. The van der Waals surface area contributed by atoms with E-state index in [2.05, 4.69) is 323 Å². The van der Waals surface area contributed by atoms with Crippen molar-refractivity contribution in [2.45, 2.75) is 0 Å². The second kappa shape index (κ2) is 37.7. The Hall–Kier alpha value is -15.2. The number of rotatable bonds is 16. The van der Waals surface area contributed by atoms with Gasteiger partial charge in [0, 0.05) is 95.0 Å². The van der Waals surface area contributed by atoms with Gasteiger partial charge in [-0.25, -0.2) is 0 Å². The van der Waals surface area contributed by atoms with Crippen molar-refractivity contribution in [2.75, 3.05) is 26.6 Å². The SMILES string of the molecule is [2H]c1c([2H])c(-c2cccc3ccccc23)c([2H])c([2H])c1Nc1ccccc1.c1ccc(Nc2cc(-c3ccccc3)cc(-c3ccccc3)c2)cc1.c1ccc(Nc2ccc(-c3cccc4ccccc34)cc2)cc1.c1ccc(Nc2cccc(-c3ccccc3)c2)cc1.c1cncc(-c2cccc(Nc3ccc4sc5ccccc5c4c3)c2)c1. The maximum absolute atomic E-state index is 8.52. The van der Waals surface area contributed by atoms with Gasteiger partial charge in [-0.15, -0.1) is 11.3 Å². The number of fused-ring (bicyclic) bond motifs is 5. The van der Waals surface area contributed by atoms with E-state index in [1.165, 1.54) is 75.5 Å². The number of anilines is 10. The van der Waals surface area contributed by atoms with E-state index in [4.69, 9.17) is 5.48 Å². The predicted octanol–water partition coefficient (Wildman–Crippen LogP) is 31.2. The van der Waals surface area contributed by atoms with E-state index < -0.39 is 0 Å². The second-order valence-corrected chi connectivity index (χ2v) is 28.7. The molecule has 0 radical (unpaired) electrons. The number of thiophene rings is 1. The summed E-state index contributed by atoms with van der Waals surface area (Å²) in [6.07, 6.45) is 3.69. The Labute approximate surface area is 688 Å². The van der Waals surface area contributed by atoms with Gasteiger partial charge in [0.1, 0.15) is 0 Å². The van der Waals surface area contributed by atoms with Gasteiger partial charge >= 0.3 is 0 Å². The first kappa shape index (κ1) is 70.0. The Morgan fingerprint density at radius 1 is 0.190 bits per heavy atom. The first-order valence-corrected chi connectivity index (χ1v) is 39.5. The molecule has 20 aromatic rings. The first-order valence-electron chi connectivity index (χ1n) is 40.7. The average Bonchev–Trinajstić information content (AvgIpc) is 0.940. The molecule has 0 aliphatic carbocycles. The van der Waals surface area contributed by atoms with Crippen LogP contribution in [0.5, 0.6) is 0 Å². The van der Waals surface area contributed by atoms with Gasteiger partial charge in [0.2, 0.25) is 0 Å². The molecule has 18 aromatic carbocycles. The van der Waals surface area contributed by atoms with Crippen LogP contribution in [0.2, 0.25) is 0 Å². The second-order valence-electron chi connectivity index (χ2n) is 27.6. The fraction of sp³-hybridized carbons (Fsp3) is 0. The molecule has 7 heteroatoms. The third kappa shape index (κ3) is 19.8. The minimum Gasteiger partial charge on any atom is -0.356 e. The van der Waals surface area contributed by atoms with Crippen LogP contribution in [0, 0.1) is 0 Å². The monoisotopic (exact) mass is 1510 g/mol. The number of hydrogen-bond acceptors (Lipinski definition) is 7. The van der Waals surface area contributed by atoms with Gasteiger partial charge < -0.3 is 26.6 Å². The first-order chi connectivity index (χ1) is 59.1. The minimum atomic E-state index is -0.0808. The van der Waals surface area contributed by atoms with E-state index in [9.17, 15) is 0 Å². The molecule has 0 amide bonds. The average molecular weight is 1510 g/mol. The van der Waals surface area contributed by atoms with Crippen LogP contribution in [0.25, 0.3) is 108 Å². The van der Waals surface area contributed by atoms with Gasteiger partial charge in [0.25, 0.3) is 0 Å². The minimum absolute atomic E-state index is 0.0502. The quantitative estimate of drug-likeness (QED) is 0.0664. The molecule has 6 nitrogen and oxygen atoms in total. The molecule has 0 fully saturated rings. The molecular weight excluding hydrogens is 1430 g/mol. The topological polar surface area (TPSA) is 73.0 Å². The van der Waals surface area contributed by atoms with Crippen LogP contribution in [-0.2, 0) is 0 Å². The van der Waals surface area contributed by atoms with Crippen molar-refractivity contribution in [2.24, 2.45) is 0 Å². The zero-order valence-electron chi connectivity index (χ0n) is 67.7. The molecule has 5 N–H and O–H groups in total. The summed E-state index contributed by atoms with van der Waals surface area (Å²) in [5, 5.41) is 24.0. The molecule has 2 heterocycles. The highest BCUT2D eigenvalue weighted by Gasteiger charge is 2.11. The van der Waals surface area contributed by atoms with Crippen molar-refractivity contribution in [1.82, 2.24) is 4.98 Å². The zero-order chi connectivity index (χ0) is 81.6. The summed E-state index contributed by atoms with van der Waals surface area (Å²) in [5.41, 5.74) is 22.8. The van der Waals surface area contributed by atoms with Crippen molar-refractivity contribution in [3.8, 4) is 66.8 Å². The molecule has 116 heavy (non-hydrogen) atoms. The summed E-state index contributed by atoms with van der Waals surface area (Å²) in [5.74, 6) is 0. The lowest BCUT2D eigenvalue weighted by molar-refractivity contribution is 1.33. The molecular formula is C109H84N6S. The lowest BCUT2D eigenvalue weighted by Crippen LogP contribution is -1.92. The molecule has 2 aromatic heterocycles. The van der Waals surface area contributed by atoms with Crippen molar-refractivity contribution < 1.29 is 5.48 Å². The van der Waals surface area contributed by atoms with Gasteiger partial charge in [-0.1, -0.05) is 321 Å². The number of pyridine rings is 1. The highest BCUT2D eigenvalue weighted by Crippen LogP contribution is 2.38. The molecule has 0 spiro atoms. The summed E-state index contributed by atoms with van der Waals surface area (Å²) >= 11 is 1.84. The number of benzene rings is 18. The zero-order valence-corrected chi connectivity index (χ0v) is 64.5. The summed E-state index contributed by atoms with van der Waals surface area (Å²) in [7, 11) is 0. The van der Waals surface area contributed by atoms with Gasteiger partial charge in [0.05, 0.1) is 5.48 Å². The van der Waals surface area contributed by atoms with E-state index in [0.717, 1.165) is 73.1 Å². The van der Waals surface area contributed by atoms with E-state index in [1.54, 1.807) is 6.20 Å². The number of nitrogens with zero attached hydrogens (tertiary/aromatic N) is 1. The number of aromatic nitrogens is 1. The third-order valence-corrected chi connectivity index (χ3v) is 20.7. The Bertz CT molecular complexity index is 6680. The van der Waals surface area contributed by atoms with Crippen LogP contribution in [-0.4, -0.2) is 4.98 Å². The highest BCUT2D eigenvalue weighted by molar-refractivity contribution is 7.25. The standard InChI is InChI=1S/C24H19N.C23H16N2S.2C22H17N.C18H15N/c1-4-10-19(11-5-1)21-16-22(20-12-6-2-7-13-20)18-24(17-21)25-23-14-8-3-9-15-23;1-2-9-22-20(8-1)21-14-19(10-11-23(21)26-22)25-18-7-3-5-16(13-18)17-6-4-12-24-15-17;2*1-2-9-19(10-3-1)23-20-15-13-18(14-16-20)22-12-6-8-17-7-4-5-11-21(17)22;1-3-8-15(9-4-1)16-10-7-13-18(14-16)19-17-11-5-2-6-12-17/h1-18,25H;1-15,25H;2*1-16,23H;1-14,19H/i;;13D,14D,15D,16D;;. The normalized spacial score (nSPS) is 11.1. The third-order valence-electron chi connectivity index (χ3n) is 19.5. The van der Waals surface area contributed by atoms with Gasteiger partial charge in [-0.2, -0.15) is 0 Å². The highest BCUT2D eigenvalue weighted by atomic mass is 32.1. The fourth-order valence-corrected chi connectivity index (χ4v) is 15.0. The smallest absolute Gasteiger partial charge is 0.0645 e. The Morgan fingerprint density at radius 2 is 0.526 bits per heavy atom. The van der Waals surface area contributed by atoms with Gasteiger partial charge in [-0.05, 0) is 228 Å². The van der Waals surface area contributed by atoms with Gasteiger partial charge in [-0.3, -0.25) is 4.98 Å². The van der Waals surface area contributed by atoms with Crippen molar-refractivity contribution in [3.05, 3.63) is 479 Å². The van der Waals surface area contributed by atoms with Crippen LogP contribution in [0.3, 0.4) is 0 Å². The lowest BCUT2D eigenvalue weighted by Gasteiger charge is -2.12.